The van der Waals surface area contributed by atoms with Gasteiger partial charge in [-0.1, -0.05) is 51.1 Å². The van der Waals surface area contributed by atoms with Gasteiger partial charge in [-0.25, -0.2) is 4.79 Å². The molecule has 3 nitrogen and oxygen atoms in total. The summed E-state index contributed by atoms with van der Waals surface area (Å²) < 4.78 is 5.00. The molecule has 0 saturated heterocycles. The zero-order valence-corrected chi connectivity index (χ0v) is 11.0. The Morgan fingerprint density at radius 3 is 2.29 bits per heavy atom. The van der Waals surface area contributed by atoms with Gasteiger partial charge in [-0.05, 0) is 5.56 Å². The van der Waals surface area contributed by atoms with Crippen LogP contribution in [0.1, 0.15) is 26.3 Å². The summed E-state index contributed by atoms with van der Waals surface area (Å²) in [6.07, 6.45) is 0. The number of rotatable bonds is 2. The lowest BCUT2D eigenvalue weighted by molar-refractivity contribution is -0.117. The first kappa shape index (κ1) is 13.8. The molecule has 0 aliphatic carbocycles. The summed E-state index contributed by atoms with van der Waals surface area (Å²) in [7, 11) is 0. The third-order valence-corrected chi connectivity index (χ3v) is 3.07. The van der Waals surface area contributed by atoms with E-state index in [0.29, 0.717) is 11.8 Å². The highest BCUT2D eigenvalue weighted by Gasteiger charge is 2.25. The van der Waals surface area contributed by atoms with Crippen LogP contribution in [0, 0.1) is 5.41 Å². The third kappa shape index (κ3) is 5.04. The molecule has 1 rings (SSSR count). The maximum absolute atomic E-state index is 11.5. The van der Waals surface area contributed by atoms with Gasteiger partial charge in [0.25, 0.3) is 0 Å². The molecule has 4 heteroatoms. The number of carbonyl (C=O) groups is 2. The van der Waals surface area contributed by atoms with Crippen LogP contribution in [0.25, 0.3) is 0 Å². The average Bonchev–Trinajstić information content (AvgIpc) is 2.26. The van der Waals surface area contributed by atoms with Crippen molar-refractivity contribution >= 4 is 22.2 Å². The summed E-state index contributed by atoms with van der Waals surface area (Å²) in [6, 6.07) is 9.36. The van der Waals surface area contributed by atoms with Gasteiger partial charge >= 0.3 is 5.30 Å². The van der Waals surface area contributed by atoms with Crippen LogP contribution >= 0.6 is 11.8 Å². The zero-order valence-electron chi connectivity index (χ0n) is 10.2. The minimum atomic E-state index is -0.547. The van der Waals surface area contributed by atoms with Crippen LogP contribution in [0.4, 0.5) is 4.79 Å². The Morgan fingerprint density at radius 2 is 1.76 bits per heavy atom. The van der Waals surface area contributed by atoms with Crippen LogP contribution in [0.5, 0.6) is 0 Å². The number of ether oxygens (including phenoxy) is 1. The molecule has 1 aromatic carbocycles. The Bertz CT molecular complexity index is 393. The van der Waals surface area contributed by atoms with Gasteiger partial charge in [0.1, 0.15) is 6.61 Å². The summed E-state index contributed by atoms with van der Waals surface area (Å²) in [5.74, 6) is 0. The second-order valence-corrected chi connectivity index (χ2v) is 5.57. The van der Waals surface area contributed by atoms with Crippen molar-refractivity contribution in [3.8, 4) is 0 Å². The summed E-state index contributed by atoms with van der Waals surface area (Å²) in [4.78, 5) is 22.9. The van der Waals surface area contributed by atoms with Crippen molar-refractivity contribution in [1.29, 1.82) is 0 Å². The molecule has 17 heavy (non-hydrogen) atoms. The fourth-order valence-electron chi connectivity index (χ4n) is 0.975. The fraction of sp³-hybridized carbons (Fsp3) is 0.385. The molecule has 0 N–H and O–H groups in total. The van der Waals surface area contributed by atoms with Gasteiger partial charge < -0.3 is 4.74 Å². The number of hydrogen-bond donors (Lipinski definition) is 0. The van der Waals surface area contributed by atoms with Gasteiger partial charge in [0.05, 0.1) is 0 Å². The van der Waals surface area contributed by atoms with Gasteiger partial charge in [-0.3, -0.25) is 4.79 Å². The molecule has 0 amide bonds. The van der Waals surface area contributed by atoms with E-state index >= 15 is 0 Å². The number of thioether (sulfide) groups is 1. The van der Waals surface area contributed by atoms with Gasteiger partial charge in [0, 0.05) is 17.2 Å². The van der Waals surface area contributed by atoms with E-state index in [9.17, 15) is 9.59 Å². The average molecular weight is 252 g/mol. The van der Waals surface area contributed by atoms with Crippen molar-refractivity contribution in [3.63, 3.8) is 0 Å². The van der Waals surface area contributed by atoms with E-state index in [1.54, 1.807) is 20.8 Å². The second-order valence-electron chi connectivity index (χ2n) is 4.66. The van der Waals surface area contributed by atoms with Crippen LogP contribution in [-0.4, -0.2) is 10.4 Å². The normalized spacial score (nSPS) is 11.0. The molecule has 92 valence electrons. The number of benzene rings is 1. The van der Waals surface area contributed by atoms with E-state index in [4.69, 9.17) is 4.74 Å². The van der Waals surface area contributed by atoms with Crippen molar-refractivity contribution in [2.75, 3.05) is 0 Å². The van der Waals surface area contributed by atoms with Crippen molar-refractivity contribution in [3.05, 3.63) is 35.9 Å². The predicted molar refractivity (Wildman–Crippen MR) is 68.7 cm³/mol. The van der Waals surface area contributed by atoms with Gasteiger partial charge in [-0.2, -0.15) is 0 Å². The first-order valence-corrected chi connectivity index (χ1v) is 6.14. The lowest BCUT2D eigenvalue weighted by Gasteiger charge is -2.14. The topological polar surface area (TPSA) is 43.4 Å². The van der Waals surface area contributed by atoms with Crippen molar-refractivity contribution < 1.29 is 14.3 Å². The van der Waals surface area contributed by atoms with Gasteiger partial charge in [0.15, 0.2) is 0 Å². The van der Waals surface area contributed by atoms with Crippen LogP contribution in [0.2, 0.25) is 0 Å². The lowest BCUT2D eigenvalue weighted by Crippen LogP contribution is -2.18. The first-order valence-electron chi connectivity index (χ1n) is 5.32. The molecule has 0 aliphatic rings. The quantitative estimate of drug-likeness (QED) is 0.754. The summed E-state index contributed by atoms with van der Waals surface area (Å²) in [6.45, 7) is 5.51. The highest BCUT2D eigenvalue weighted by molar-refractivity contribution is 8.25. The van der Waals surface area contributed by atoms with Crippen LogP contribution in [0.15, 0.2) is 30.3 Å². The van der Waals surface area contributed by atoms with E-state index in [2.05, 4.69) is 0 Å². The summed E-state index contributed by atoms with van der Waals surface area (Å²) >= 11 is 0.626. The minimum absolute atomic E-state index is 0.185. The molecule has 0 fully saturated rings. The maximum atomic E-state index is 11.5. The highest BCUT2D eigenvalue weighted by Crippen LogP contribution is 2.24. The van der Waals surface area contributed by atoms with Gasteiger partial charge in [-0.15, -0.1) is 0 Å². The summed E-state index contributed by atoms with van der Waals surface area (Å²) in [5, 5.41) is -0.732. The van der Waals surface area contributed by atoms with Crippen molar-refractivity contribution in [2.45, 2.75) is 27.4 Å². The Morgan fingerprint density at radius 1 is 1.18 bits per heavy atom. The molecular weight excluding hydrogens is 236 g/mol. The fourth-order valence-corrected chi connectivity index (χ4v) is 1.55. The Labute approximate surface area is 106 Å². The molecule has 0 aliphatic heterocycles. The number of carbonyl (C=O) groups excluding carboxylic acids is 2. The first-order chi connectivity index (χ1) is 7.89. The molecule has 1 aromatic rings. The molecule has 0 heterocycles. The summed E-state index contributed by atoms with van der Waals surface area (Å²) in [5.41, 5.74) is 0.376. The largest absolute Gasteiger partial charge is 0.452 e. The van der Waals surface area contributed by atoms with Crippen molar-refractivity contribution in [2.24, 2.45) is 5.41 Å². The minimum Gasteiger partial charge on any atom is -0.452 e. The third-order valence-electron chi connectivity index (χ3n) is 1.99. The Hall–Kier alpha value is -1.29. The Kier molecular flexibility index (Phi) is 4.75. The van der Waals surface area contributed by atoms with Crippen LogP contribution < -0.4 is 0 Å². The van der Waals surface area contributed by atoms with Crippen molar-refractivity contribution in [1.82, 2.24) is 0 Å². The number of hydrogen-bond acceptors (Lipinski definition) is 4. The lowest BCUT2D eigenvalue weighted by atomic mass is 10.00. The molecule has 0 bridgehead atoms. The predicted octanol–water partition coefficient (Wildman–Crippen LogP) is 3.63. The molecule has 0 aromatic heterocycles. The molecular formula is C13H16O3S. The van der Waals surface area contributed by atoms with E-state index < -0.39 is 10.7 Å². The molecule has 0 spiro atoms. The Balaban J connectivity index is 2.39. The molecule has 0 radical (unpaired) electrons. The standard InChI is InChI=1S/C13H16O3S/c1-13(2,3)11(14)17-12(15)16-9-10-7-5-4-6-8-10/h4-8H,9H2,1-3H3. The highest BCUT2D eigenvalue weighted by atomic mass is 32.2. The zero-order chi connectivity index (χ0) is 12.9. The van der Waals surface area contributed by atoms with Crippen LogP contribution in [0.3, 0.4) is 0 Å². The van der Waals surface area contributed by atoms with E-state index in [1.165, 1.54) is 0 Å². The molecule has 0 unspecified atom stereocenters. The van der Waals surface area contributed by atoms with E-state index in [0.717, 1.165) is 5.56 Å². The van der Waals surface area contributed by atoms with Gasteiger partial charge in [0.2, 0.25) is 5.12 Å². The molecule has 0 atom stereocenters. The smallest absolute Gasteiger partial charge is 0.375 e. The van der Waals surface area contributed by atoms with E-state index in [1.807, 2.05) is 30.3 Å². The second kappa shape index (κ2) is 5.87. The van der Waals surface area contributed by atoms with Crippen LogP contribution in [-0.2, 0) is 16.1 Å². The maximum Gasteiger partial charge on any atom is 0.375 e. The van der Waals surface area contributed by atoms with E-state index in [-0.39, 0.29) is 11.7 Å². The molecule has 0 saturated carbocycles. The SMILES string of the molecule is CC(C)(C)C(=O)SC(=O)OCc1ccccc1. The monoisotopic (exact) mass is 252 g/mol.